The molecule has 0 unspecified atom stereocenters. The fourth-order valence-electron chi connectivity index (χ4n) is 2.91. The van der Waals surface area contributed by atoms with Crippen LogP contribution >= 0.6 is 11.3 Å². The van der Waals surface area contributed by atoms with Crippen molar-refractivity contribution < 1.29 is 9.84 Å². The Bertz CT molecular complexity index is 823. The molecule has 0 radical (unpaired) electrons. The highest BCUT2D eigenvalue weighted by Gasteiger charge is 2.44. The quantitative estimate of drug-likeness (QED) is 0.798. The van der Waals surface area contributed by atoms with Crippen LogP contribution in [0.25, 0.3) is 22.3 Å². The van der Waals surface area contributed by atoms with Crippen LogP contribution in [-0.4, -0.2) is 47.5 Å². The van der Waals surface area contributed by atoms with Crippen LogP contribution in [0, 0.1) is 0 Å². The third kappa shape index (κ3) is 2.39. The highest BCUT2D eigenvalue weighted by Crippen LogP contribution is 2.34. The van der Waals surface area contributed by atoms with Crippen LogP contribution in [0.2, 0.25) is 0 Å². The molecule has 5 nitrogen and oxygen atoms in total. The first kappa shape index (κ1) is 14.6. The summed E-state index contributed by atoms with van der Waals surface area (Å²) in [5.74, 6) is 1.64. The number of benzene rings is 1. The number of rotatable bonds is 4. The van der Waals surface area contributed by atoms with E-state index in [4.69, 9.17) is 9.72 Å². The summed E-state index contributed by atoms with van der Waals surface area (Å²) in [6.45, 7) is 1.27. The van der Waals surface area contributed by atoms with E-state index in [-0.39, 0.29) is 6.61 Å². The Morgan fingerprint density at radius 2 is 2.09 bits per heavy atom. The number of anilines is 1. The number of aliphatic hydroxyl groups excluding tert-OH is 1. The van der Waals surface area contributed by atoms with Gasteiger partial charge >= 0.3 is 0 Å². The molecule has 118 valence electrons. The van der Waals surface area contributed by atoms with Gasteiger partial charge in [-0.1, -0.05) is 12.1 Å². The summed E-state index contributed by atoms with van der Waals surface area (Å²) in [5.41, 5.74) is 1.48. The van der Waals surface area contributed by atoms with Crippen molar-refractivity contribution in [2.45, 2.75) is 5.60 Å². The van der Waals surface area contributed by atoms with Gasteiger partial charge in [-0.3, -0.25) is 0 Å². The summed E-state index contributed by atoms with van der Waals surface area (Å²) >= 11 is 1.63. The molecule has 0 amide bonds. The molecule has 1 fully saturated rings. The minimum absolute atomic E-state index is 0.0143. The normalized spacial score (nSPS) is 16.5. The molecular formula is C17H17N3O2S. The van der Waals surface area contributed by atoms with Crippen molar-refractivity contribution >= 4 is 28.1 Å². The molecule has 1 aliphatic heterocycles. The molecule has 0 atom stereocenters. The van der Waals surface area contributed by atoms with Crippen LogP contribution in [0.5, 0.6) is 0 Å². The summed E-state index contributed by atoms with van der Waals surface area (Å²) in [6, 6.07) is 10.1. The monoisotopic (exact) mass is 327 g/mol. The van der Waals surface area contributed by atoms with Gasteiger partial charge in [0.1, 0.15) is 11.4 Å². The van der Waals surface area contributed by atoms with Gasteiger partial charge in [-0.2, -0.15) is 11.3 Å². The first-order valence-corrected chi connectivity index (χ1v) is 8.39. The maximum Gasteiger partial charge on any atom is 0.162 e. The lowest BCUT2D eigenvalue weighted by Crippen LogP contribution is -2.65. The first-order valence-electron chi connectivity index (χ1n) is 7.45. The maximum absolute atomic E-state index is 9.54. The van der Waals surface area contributed by atoms with Gasteiger partial charge < -0.3 is 14.7 Å². The molecule has 0 spiro atoms. The summed E-state index contributed by atoms with van der Waals surface area (Å²) in [5, 5.41) is 14.6. The predicted molar refractivity (Wildman–Crippen MR) is 91.9 cm³/mol. The smallest absolute Gasteiger partial charge is 0.162 e. The second kappa shape index (κ2) is 5.56. The zero-order valence-electron chi connectivity index (χ0n) is 12.8. The Morgan fingerprint density at radius 3 is 2.78 bits per heavy atom. The van der Waals surface area contributed by atoms with E-state index in [1.807, 2.05) is 35.7 Å². The van der Waals surface area contributed by atoms with Crippen molar-refractivity contribution in [1.82, 2.24) is 9.97 Å². The third-order valence-electron chi connectivity index (χ3n) is 4.34. The van der Waals surface area contributed by atoms with Gasteiger partial charge in [0.25, 0.3) is 0 Å². The maximum atomic E-state index is 9.54. The Kier molecular flexibility index (Phi) is 3.52. The Morgan fingerprint density at radius 1 is 1.26 bits per heavy atom. The molecule has 23 heavy (non-hydrogen) atoms. The molecule has 0 saturated carbocycles. The molecule has 3 heterocycles. The van der Waals surface area contributed by atoms with Crippen LogP contribution in [0.15, 0.2) is 41.1 Å². The number of fused-ring (bicyclic) bond motifs is 1. The van der Waals surface area contributed by atoms with E-state index >= 15 is 0 Å². The topological polar surface area (TPSA) is 58.5 Å². The highest BCUT2D eigenvalue weighted by atomic mass is 32.1. The van der Waals surface area contributed by atoms with Gasteiger partial charge in [-0.15, -0.1) is 0 Å². The summed E-state index contributed by atoms with van der Waals surface area (Å²) in [6.07, 6.45) is 0. The van der Waals surface area contributed by atoms with Gasteiger partial charge in [0.15, 0.2) is 5.82 Å². The second-order valence-corrected chi connectivity index (χ2v) is 6.58. The molecule has 0 bridgehead atoms. The van der Waals surface area contributed by atoms with E-state index in [0.29, 0.717) is 13.1 Å². The zero-order chi connectivity index (χ0) is 15.9. The first-order chi connectivity index (χ1) is 11.2. The third-order valence-corrected chi connectivity index (χ3v) is 5.02. The predicted octanol–water partition coefficient (Wildman–Crippen LogP) is 2.56. The lowest BCUT2D eigenvalue weighted by Gasteiger charge is -2.48. The number of hydrogen-bond donors (Lipinski definition) is 1. The van der Waals surface area contributed by atoms with Crippen molar-refractivity contribution in [2.75, 3.05) is 31.7 Å². The van der Waals surface area contributed by atoms with Gasteiger partial charge in [0, 0.05) is 23.4 Å². The van der Waals surface area contributed by atoms with E-state index in [2.05, 4.69) is 15.3 Å². The number of hydrogen-bond acceptors (Lipinski definition) is 6. The average Bonchev–Trinajstić information content (AvgIpc) is 3.09. The van der Waals surface area contributed by atoms with E-state index in [9.17, 15) is 5.11 Å². The summed E-state index contributed by atoms with van der Waals surface area (Å²) in [4.78, 5) is 11.6. The molecule has 4 rings (SSSR count). The van der Waals surface area contributed by atoms with Crippen LogP contribution in [-0.2, 0) is 4.74 Å². The molecule has 1 aromatic carbocycles. The van der Waals surface area contributed by atoms with Gasteiger partial charge in [-0.25, -0.2) is 9.97 Å². The lowest BCUT2D eigenvalue weighted by molar-refractivity contribution is -0.0705. The fourth-order valence-corrected chi connectivity index (χ4v) is 3.55. The summed E-state index contributed by atoms with van der Waals surface area (Å²) in [7, 11) is 1.64. The number of nitrogens with zero attached hydrogens (tertiary/aromatic N) is 3. The van der Waals surface area contributed by atoms with Crippen LogP contribution in [0.4, 0.5) is 5.82 Å². The van der Waals surface area contributed by atoms with Crippen molar-refractivity contribution in [2.24, 2.45) is 0 Å². The molecular weight excluding hydrogens is 310 g/mol. The average molecular weight is 327 g/mol. The van der Waals surface area contributed by atoms with Crippen molar-refractivity contribution in [3.63, 3.8) is 0 Å². The second-order valence-electron chi connectivity index (χ2n) is 5.80. The largest absolute Gasteiger partial charge is 0.393 e. The number of ether oxygens (including phenoxy) is 1. The number of thiophene rings is 1. The van der Waals surface area contributed by atoms with Crippen molar-refractivity contribution in [3.8, 4) is 11.4 Å². The standard InChI is InChI=1S/C17H17N3O2S/c1-22-17(11-21)9-20(10-17)16-13-4-2-3-5-14(13)18-15(19-16)12-6-7-23-8-12/h2-8,21H,9-11H2,1H3. The summed E-state index contributed by atoms with van der Waals surface area (Å²) < 4.78 is 5.46. The number of aromatic nitrogens is 2. The lowest BCUT2D eigenvalue weighted by atomic mass is 9.94. The molecule has 6 heteroatoms. The van der Waals surface area contributed by atoms with Crippen molar-refractivity contribution in [3.05, 3.63) is 41.1 Å². The Hall–Kier alpha value is -2.02. The van der Waals surface area contributed by atoms with Gasteiger partial charge in [0.05, 0.1) is 25.2 Å². The van der Waals surface area contributed by atoms with E-state index in [1.165, 1.54) is 0 Å². The SMILES string of the molecule is COC1(CO)CN(c2nc(-c3ccsc3)nc3ccccc23)C1. The van der Waals surface area contributed by atoms with Gasteiger partial charge in [0.2, 0.25) is 0 Å². The molecule has 1 saturated heterocycles. The van der Waals surface area contributed by atoms with Crippen LogP contribution in [0.3, 0.4) is 0 Å². The molecule has 1 aliphatic rings. The number of methoxy groups -OCH3 is 1. The fraction of sp³-hybridized carbons (Fsp3) is 0.294. The van der Waals surface area contributed by atoms with E-state index in [0.717, 1.165) is 28.1 Å². The molecule has 2 aromatic heterocycles. The minimum Gasteiger partial charge on any atom is -0.393 e. The Labute approximate surface area is 138 Å². The van der Waals surface area contributed by atoms with Crippen LogP contribution in [0.1, 0.15) is 0 Å². The van der Waals surface area contributed by atoms with E-state index in [1.54, 1.807) is 18.4 Å². The Balaban J connectivity index is 1.79. The highest BCUT2D eigenvalue weighted by molar-refractivity contribution is 7.08. The molecule has 3 aromatic rings. The van der Waals surface area contributed by atoms with Gasteiger partial charge in [-0.05, 0) is 23.6 Å². The molecule has 0 aliphatic carbocycles. The van der Waals surface area contributed by atoms with Crippen molar-refractivity contribution in [1.29, 1.82) is 0 Å². The molecule has 1 N–H and O–H groups in total. The number of aliphatic hydroxyl groups is 1. The zero-order valence-corrected chi connectivity index (χ0v) is 13.6. The number of para-hydroxylation sites is 1. The van der Waals surface area contributed by atoms with E-state index < -0.39 is 5.60 Å². The minimum atomic E-state index is -0.478. The van der Waals surface area contributed by atoms with Crippen LogP contribution < -0.4 is 4.90 Å².